The molecule has 0 amide bonds. The van der Waals surface area contributed by atoms with E-state index in [9.17, 15) is 0 Å². The summed E-state index contributed by atoms with van der Waals surface area (Å²) in [5.41, 5.74) is 9.32. The largest absolute Gasteiger partial charge is 0.320 e. The van der Waals surface area contributed by atoms with Crippen molar-refractivity contribution in [1.82, 2.24) is 0 Å². The first-order valence-electron chi connectivity index (χ1n) is 7.22. The van der Waals surface area contributed by atoms with Crippen LogP contribution in [0, 0.1) is 0 Å². The van der Waals surface area contributed by atoms with Crippen molar-refractivity contribution in [2.45, 2.75) is 44.6 Å². The molecule has 1 fully saturated rings. The van der Waals surface area contributed by atoms with Crippen molar-refractivity contribution >= 4 is 11.3 Å². The number of benzene rings is 1. The first-order chi connectivity index (χ1) is 9.29. The molecule has 1 aliphatic carbocycles. The van der Waals surface area contributed by atoms with Crippen molar-refractivity contribution in [2.24, 2.45) is 5.73 Å². The molecule has 0 spiro atoms. The lowest BCUT2D eigenvalue weighted by Gasteiger charge is -2.29. The van der Waals surface area contributed by atoms with Crippen LogP contribution in [-0.2, 0) is 6.42 Å². The normalized spacial score (nSPS) is 17.2. The van der Waals surface area contributed by atoms with Gasteiger partial charge in [-0.25, -0.2) is 0 Å². The van der Waals surface area contributed by atoms with Gasteiger partial charge in [-0.15, -0.1) is 11.3 Å². The van der Waals surface area contributed by atoms with E-state index in [1.54, 1.807) is 0 Å². The summed E-state index contributed by atoms with van der Waals surface area (Å²) in [6.07, 6.45) is 5.12. The molecule has 1 unspecified atom stereocenters. The molecule has 1 heterocycles. The molecule has 0 saturated heterocycles. The fourth-order valence-corrected chi connectivity index (χ4v) is 3.76. The zero-order chi connectivity index (χ0) is 13.2. The second-order valence-electron chi connectivity index (χ2n) is 5.39. The second kappa shape index (κ2) is 5.48. The van der Waals surface area contributed by atoms with Crippen LogP contribution in [0.3, 0.4) is 0 Å². The van der Waals surface area contributed by atoms with Crippen molar-refractivity contribution in [3.05, 3.63) is 57.3 Å². The van der Waals surface area contributed by atoms with Crippen LogP contribution < -0.4 is 5.73 Å². The summed E-state index contributed by atoms with van der Waals surface area (Å²) in [4.78, 5) is 2.72. The van der Waals surface area contributed by atoms with Crippen LogP contribution in [0.25, 0.3) is 0 Å². The van der Waals surface area contributed by atoms with Crippen molar-refractivity contribution < 1.29 is 0 Å². The van der Waals surface area contributed by atoms with Crippen LogP contribution in [0.4, 0.5) is 0 Å². The highest BCUT2D eigenvalue weighted by Gasteiger charge is 2.24. The number of rotatable bonds is 4. The summed E-state index contributed by atoms with van der Waals surface area (Å²) in [7, 11) is 0. The Kier molecular flexibility index (Phi) is 3.72. The van der Waals surface area contributed by atoms with Gasteiger partial charge >= 0.3 is 0 Å². The molecular weight excluding hydrogens is 250 g/mol. The quantitative estimate of drug-likeness (QED) is 0.862. The Labute approximate surface area is 119 Å². The van der Waals surface area contributed by atoms with Gasteiger partial charge < -0.3 is 5.73 Å². The number of hydrogen-bond acceptors (Lipinski definition) is 2. The lowest BCUT2D eigenvalue weighted by atomic mass is 9.77. The summed E-state index contributed by atoms with van der Waals surface area (Å²) < 4.78 is 0. The third kappa shape index (κ3) is 2.47. The maximum absolute atomic E-state index is 6.51. The van der Waals surface area contributed by atoms with Crippen molar-refractivity contribution in [1.29, 1.82) is 0 Å². The van der Waals surface area contributed by atoms with Crippen molar-refractivity contribution in [2.75, 3.05) is 0 Å². The van der Waals surface area contributed by atoms with E-state index in [2.05, 4.69) is 43.3 Å². The first kappa shape index (κ1) is 12.9. The summed E-state index contributed by atoms with van der Waals surface area (Å²) in [5, 5.41) is 0. The smallest absolute Gasteiger partial charge is 0.0648 e. The van der Waals surface area contributed by atoms with Crippen molar-refractivity contribution in [3.63, 3.8) is 0 Å². The highest BCUT2D eigenvalue weighted by Crippen LogP contribution is 2.40. The Morgan fingerprint density at radius 2 is 2.00 bits per heavy atom. The van der Waals surface area contributed by atoms with Gasteiger partial charge in [0.1, 0.15) is 0 Å². The van der Waals surface area contributed by atoms with Crippen LogP contribution in [-0.4, -0.2) is 0 Å². The minimum absolute atomic E-state index is 0.0436. The van der Waals surface area contributed by atoms with Crippen LogP contribution in [0.5, 0.6) is 0 Å². The molecule has 100 valence electrons. The third-order valence-electron chi connectivity index (χ3n) is 4.21. The van der Waals surface area contributed by atoms with Gasteiger partial charge in [0.2, 0.25) is 0 Å². The van der Waals surface area contributed by atoms with E-state index in [4.69, 9.17) is 5.73 Å². The number of thiophene rings is 1. The fourth-order valence-electron chi connectivity index (χ4n) is 2.79. The summed E-state index contributed by atoms with van der Waals surface area (Å²) in [6.45, 7) is 2.20. The molecule has 1 aliphatic rings. The molecule has 1 atom stereocenters. The van der Waals surface area contributed by atoms with Gasteiger partial charge in [0.15, 0.2) is 0 Å². The third-order valence-corrected chi connectivity index (χ3v) is 5.53. The lowest BCUT2D eigenvalue weighted by molar-refractivity contribution is 0.416. The molecule has 0 radical (unpaired) electrons. The van der Waals surface area contributed by atoms with Crippen LogP contribution >= 0.6 is 11.3 Å². The molecule has 0 bridgehead atoms. The Morgan fingerprint density at radius 3 is 2.63 bits per heavy atom. The number of aryl methyl sites for hydroxylation is 1. The number of nitrogens with two attached hydrogens (primary N) is 1. The number of hydrogen-bond donors (Lipinski definition) is 1. The van der Waals surface area contributed by atoms with Crippen LogP contribution in [0.2, 0.25) is 0 Å². The zero-order valence-electron chi connectivity index (χ0n) is 11.4. The first-order valence-corrected chi connectivity index (χ1v) is 8.04. The molecule has 19 heavy (non-hydrogen) atoms. The Balaban J connectivity index is 1.92. The lowest BCUT2D eigenvalue weighted by Crippen LogP contribution is -2.17. The van der Waals surface area contributed by atoms with E-state index < -0.39 is 0 Å². The van der Waals surface area contributed by atoms with E-state index in [0.717, 1.165) is 12.3 Å². The Bertz CT molecular complexity index is 554. The highest BCUT2D eigenvalue weighted by atomic mass is 32.1. The van der Waals surface area contributed by atoms with E-state index in [0.29, 0.717) is 0 Å². The van der Waals surface area contributed by atoms with E-state index in [-0.39, 0.29) is 6.04 Å². The zero-order valence-corrected chi connectivity index (χ0v) is 12.2. The minimum atomic E-state index is 0.0436. The van der Waals surface area contributed by atoms with Crippen molar-refractivity contribution in [3.8, 4) is 0 Å². The molecule has 2 aromatic rings. The summed E-state index contributed by atoms with van der Waals surface area (Å²) in [5.74, 6) is 0.743. The molecular formula is C17H21NS. The van der Waals surface area contributed by atoms with Gasteiger partial charge in [-0.1, -0.05) is 37.6 Å². The molecule has 2 heteroatoms. The highest BCUT2D eigenvalue weighted by molar-refractivity contribution is 7.12. The van der Waals surface area contributed by atoms with Gasteiger partial charge in [-0.2, -0.15) is 0 Å². The van der Waals surface area contributed by atoms with Gasteiger partial charge in [-0.3, -0.25) is 0 Å². The molecule has 2 N–H and O–H groups in total. The summed E-state index contributed by atoms with van der Waals surface area (Å²) >= 11 is 1.86. The molecule has 1 nitrogen and oxygen atoms in total. The van der Waals surface area contributed by atoms with Crippen LogP contribution in [0.1, 0.15) is 59.0 Å². The standard InChI is InChI=1S/C17H21NS/c1-2-13-10-11-16(19-13)17(18)15-9-4-3-8-14(15)12-6-5-7-12/h3-4,8-12,17H,2,5-7,18H2,1H3. The van der Waals surface area contributed by atoms with Gasteiger partial charge in [0.05, 0.1) is 6.04 Å². The molecule has 0 aliphatic heterocycles. The second-order valence-corrected chi connectivity index (χ2v) is 6.59. The predicted molar refractivity (Wildman–Crippen MR) is 82.8 cm³/mol. The van der Waals surface area contributed by atoms with E-state index in [1.807, 2.05) is 11.3 Å². The summed E-state index contributed by atoms with van der Waals surface area (Å²) in [6, 6.07) is 13.2. The predicted octanol–water partition coefficient (Wildman–Crippen LogP) is 4.63. The Morgan fingerprint density at radius 1 is 1.21 bits per heavy atom. The Hall–Kier alpha value is -1.12. The molecule has 1 aromatic heterocycles. The van der Waals surface area contributed by atoms with Gasteiger partial charge in [0, 0.05) is 9.75 Å². The average molecular weight is 271 g/mol. The van der Waals surface area contributed by atoms with Gasteiger partial charge in [-0.05, 0) is 48.4 Å². The molecule has 3 rings (SSSR count). The average Bonchev–Trinajstić information content (AvgIpc) is 2.85. The monoisotopic (exact) mass is 271 g/mol. The topological polar surface area (TPSA) is 26.0 Å². The van der Waals surface area contributed by atoms with E-state index in [1.165, 1.54) is 40.1 Å². The molecule has 1 saturated carbocycles. The minimum Gasteiger partial charge on any atom is -0.320 e. The van der Waals surface area contributed by atoms with E-state index >= 15 is 0 Å². The van der Waals surface area contributed by atoms with Crippen LogP contribution in [0.15, 0.2) is 36.4 Å². The fraction of sp³-hybridized carbons (Fsp3) is 0.412. The molecule has 1 aromatic carbocycles. The maximum atomic E-state index is 6.51. The maximum Gasteiger partial charge on any atom is 0.0648 e. The SMILES string of the molecule is CCc1ccc(C(N)c2ccccc2C2CCC2)s1. The van der Waals surface area contributed by atoms with Gasteiger partial charge in [0.25, 0.3) is 0 Å².